The maximum atomic E-state index is 13.1. The number of fused-ring (bicyclic) bond motifs is 1. The molecule has 29 heavy (non-hydrogen) atoms. The molecule has 1 aliphatic rings. The molecule has 1 saturated heterocycles. The number of carbonyl (C=O) groups is 1. The Morgan fingerprint density at radius 3 is 3.07 bits per heavy atom. The Bertz CT molecular complexity index is 1150. The second kappa shape index (κ2) is 7.36. The molecule has 3 aromatic heterocycles. The number of nitrogens with zero attached hydrogens (tertiary/aromatic N) is 3. The molecule has 1 amide bonds. The van der Waals surface area contributed by atoms with Gasteiger partial charge in [0.2, 0.25) is 11.8 Å². The Kier molecular flexibility index (Phi) is 4.55. The Morgan fingerprint density at radius 2 is 2.24 bits per heavy atom. The van der Waals surface area contributed by atoms with Gasteiger partial charge in [-0.25, -0.2) is 0 Å². The number of aromatic nitrogens is 3. The Morgan fingerprint density at radius 1 is 1.31 bits per heavy atom. The molecule has 1 aliphatic heterocycles. The first-order chi connectivity index (χ1) is 14.2. The number of piperidine rings is 1. The fraction of sp³-hybridized carbons (Fsp3) is 0.286. The normalized spacial score (nSPS) is 17.0. The zero-order valence-electron chi connectivity index (χ0n) is 15.9. The van der Waals surface area contributed by atoms with Gasteiger partial charge in [-0.15, -0.1) is 10.2 Å². The summed E-state index contributed by atoms with van der Waals surface area (Å²) < 4.78 is 11.2. The van der Waals surface area contributed by atoms with Gasteiger partial charge < -0.3 is 19.0 Å². The third-order valence-electron chi connectivity index (χ3n) is 5.33. The van der Waals surface area contributed by atoms with Crippen molar-refractivity contribution in [2.45, 2.75) is 18.8 Å². The lowest BCUT2D eigenvalue weighted by Crippen LogP contribution is -2.39. The highest BCUT2D eigenvalue weighted by Gasteiger charge is 2.29. The van der Waals surface area contributed by atoms with Gasteiger partial charge >= 0.3 is 0 Å². The van der Waals surface area contributed by atoms with Crippen LogP contribution in [0.1, 0.15) is 35.1 Å². The van der Waals surface area contributed by atoms with Crippen molar-refractivity contribution in [3.8, 4) is 17.2 Å². The molecule has 1 N–H and O–H groups in total. The van der Waals surface area contributed by atoms with Crippen LogP contribution < -0.4 is 4.74 Å². The molecule has 1 unspecified atom stereocenters. The van der Waals surface area contributed by atoms with E-state index in [2.05, 4.69) is 15.2 Å². The average molecular weight is 408 g/mol. The van der Waals surface area contributed by atoms with Crippen molar-refractivity contribution in [2.75, 3.05) is 20.2 Å². The molecule has 0 saturated carbocycles. The van der Waals surface area contributed by atoms with E-state index >= 15 is 0 Å². The third-order valence-corrected chi connectivity index (χ3v) is 6.01. The van der Waals surface area contributed by atoms with E-state index < -0.39 is 0 Å². The number of hydrogen-bond acceptors (Lipinski definition) is 6. The van der Waals surface area contributed by atoms with E-state index in [1.54, 1.807) is 18.4 Å². The van der Waals surface area contributed by atoms with Crippen molar-refractivity contribution >= 4 is 28.1 Å². The molecule has 4 aromatic rings. The summed E-state index contributed by atoms with van der Waals surface area (Å²) in [4.78, 5) is 18.2. The summed E-state index contributed by atoms with van der Waals surface area (Å²) in [6.07, 6.45) is 1.83. The summed E-state index contributed by atoms with van der Waals surface area (Å²) in [5, 5.41) is 13.4. The first-order valence-electron chi connectivity index (χ1n) is 9.53. The van der Waals surface area contributed by atoms with Crippen LogP contribution in [0.3, 0.4) is 0 Å². The number of thiophene rings is 1. The number of amides is 1. The van der Waals surface area contributed by atoms with E-state index in [-0.39, 0.29) is 11.8 Å². The Hall–Kier alpha value is -3.13. The fourth-order valence-corrected chi connectivity index (χ4v) is 4.41. The molecule has 5 rings (SSSR count). The molecule has 0 radical (unpaired) electrons. The maximum absolute atomic E-state index is 13.1. The van der Waals surface area contributed by atoms with Crippen LogP contribution in [-0.2, 0) is 0 Å². The lowest BCUT2D eigenvalue weighted by molar-refractivity contribution is 0.0693. The quantitative estimate of drug-likeness (QED) is 0.544. The molecule has 8 heteroatoms. The fourth-order valence-electron chi connectivity index (χ4n) is 3.78. The van der Waals surface area contributed by atoms with E-state index in [1.165, 1.54) is 0 Å². The second-order valence-corrected chi connectivity index (χ2v) is 7.96. The van der Waals surface area contributed by atoms with E-state index in [9.17, 15) is 4.79 Å². The number of ether oxygens (including phenoxy) is 1. The Labute approximate surface area is 171 Å². The molecule has 0 aliphatic carbocycles. The van der Waals surface area contributed by atoms with Gasteiger partial charge in [0.05, 0.1) is 13.0 Å². The number of carbonyl (C=O) groups excluding carboxylic acids is 1. The van der Waals surface area contributed by atoms with E-state index in [0.717, 1.165) is 41.6 Å². The summed E-state index contributed by atoms with van der Waals surface area (Å²) in [6, 6.07) is 9.59. The summed E-state index contributed by atoms with van der Waals surface area (Å²) in [6.45, 7) is 1.29. The van der Waals surface area contributed by atoms with E-state index in [4.69, 9.17) is 9.15 Å². The predicted octanol–water partition coefficient (Wildman–Crippen LogP) is 4.31. The second-order valence-electron chi connectivity index (χ2n) is 7.18. The minimum Gasteiger partial charge on any atom is -0.497 e. The summed E-state index contributed by atoms with van der Waals surface area (Å²) >= 11 is 1.59. The number of likely N-dealkylation sites (tertiary alicyclic amines) is 1. The van der Waals surface area contributed by atoms with Crippen molar-refractivity contribution in [3.63, 3.8) is 0 Å². The molecule has 7 nitrogen and oxygen atoms in total. The number of aromatic amines is 1. The molecule has 1 fully saturated rings. The maximum Gasteiger partial charge on any atom is 0.270 e. The van der Waals surface area contributed by atoms with Gasteiger partial charge in [-0.2, -0.15) is 11.3 Å². The van der Waals surface area contributed by atoms with Gasteiger partial charge in [-0.1, -0.05) is 0 Å². The molecule has 0 bridgehead atoms. The van der Waals surface area contributed by atoms with Crippen molar-refractivity contribution in [1.29, 1.82) is 0 Å². The van der Waals surface area contributed by atoms with Gasteiger partial charge in [0.25, 0.3) is 5.91 Å². The zero-order valence-corrected chi connectivity index (χ0v) is 16.7. The van der Waals surface area contributed by atoms with Gasteiger partial charge in [-0.3, -0.25) is 4.79 Å². The monoisotopic (exact) mass is 408 g/mol. The highest BCUT2D eigenvalue weighted by molar-refractivity contribution is 7.08. The van der Waals surface area contributed by atoms with Crippen LogP contribution in [0.5, 0.6) is 5.75 Å². The van der Waals surface area contributed by atoms with E-state index in [0.29, 0.717) is 24.0 Å². The standard InChI is InChI=1S/C21H20N4O3S/c1-27-16-5-4-13-9-18(22-17(13)10-16)21(26)25-7-2-3-14(11-25)19-23-24-20(28-19)15-6-8-29-12-15/h4-6,8-10,12,14,22H,2-3,7,11H2,1H3. The highest BCUT2D eigenvalue weighted by Crippen LogP contribution is 2.30. The number of hydrogen-bond donors (Lipinski definition) is 1. The van der Waals surface area contributed by atoms with Crippen LogP contribution in [0, 0.1) is 0 Å². The third kappa shape index (κ3) is 3.40. The molecule has 1 aromatic carbocycles. The number of nitrogens with one attached hydrogen (secondary N) is 1. The lowest BCUT2D eigenvalue weighted by Gasteiger charge is -2.30. The van der Waals surface area contributed by atoms with E-state index in [1.807, 2.05) is 46.0 Å². The first-order valence-corrected chi connectivity index (χ1v) is 10.5. The van der Waals surface area contributed by atoms with Crippen LogP contribution >= 0.6 is 11.3 Å². The number of methoxy groups -OCH3 is 1. The van der Waals surface area contributed by atoms with Gasteiger partial charge in [0.15, 0.2) is 0 Å². The average Bonchev–Trinajstić information content (AvgIpc) is 3.52. The minimum atomic E-state index is -0.0116. The van der Waals surface area contributed by atoms with Crippen molar-refractivity contribution in [3.05, 3.63) is 52.7 Å². The molecular weight excluding hydrogens is 388 g/mol. The number of H-pyrrole nitrogens is 1. The van der Waals surface area contributed by atoms with Gasteiger partial charge in [0.1, 0.15) is 11.4 Å². The predicted molar refractivity (Wildman–Crippen MR) is 110 cm³/mol. The number of rotatable bonds is 4. The molecule has 1 atom stereocenters. The lowest BCUT2D eigenvalue weighted by atomic mass is 9.98. The molecule has 0 spiro atoms. The van der Waals surface area contributed by atoms with Crippen LogP contribution in [0.15, 0.2) is 45.5 Å². The SMILES string of the molecule is COc1ccc2cc(C(=O)N3CCCC(c4nnc(-c5ccsc5)o4)C3)[nH]c2c1. The topological polar surface area (TPSA) is 84.2 Å². The summed E-state index contributed by atoms with van der Waals surface area (Å²) in [5.74, 6) is 1.94. The summed E-state index contributed by atoms with van der Waals surface area (Å²) in [5.41, 5.74) is 2.41. The van der Waals surface area contributed by atoms with Crippen LogP contribution in [0.2, 0.25) is 0 Å². The van der Waals surface area contributed by atoms with Gasteiger partial charge in [-0.05, 0) is 42.5 Å². The smallest absolute Gasteiger partial charge is 0.270 e. The van der Waals surface area contributed by atoms with Crippen molar-refractivity contribution in [1.82, 2.24) is 20.1 Å². The number of benzene rings is 1. The zero-order chi connectivity index (χ0) is 19.8. The van der Waals surface area contributed by atoms with Crippen LogP contribution in [0.25, 0.3) is 22.4 Å². The highest BCUT2D eigenvalue weighted by atomic mass is 32.1. The van der Waals surface area contributed by atoms with Crippen LogP contribution in [0.4, 0.5) is 0 Å². The molecule has 4 heterocycles. The minimum absolute atomic E-state index is 0.0116. The van der Waals surface area contributed by atoms with Gasteiger partial charge in [0, 0.05) is 41.0 Å². The van der Waals surface area contributed by atoms with Crippen LogP contribution in [-0.4, -0.2) is 46.2 Å². The summed E-state index contributed by atoms with van der Waals surface area (Å²) in [7, 11) is 1.63. The van der Waals surface area contributed by atoms with Crippen molar-refractivity contribution in [2.24, 2.45) is 0 Å². The largest absolute Gasteiger partial charge is 0.497 e. The van der Waals surface area contributed by atoms with Crippen molar-refractivity contribution < 1.29 is 13.9 Å². The molecule has 148 valence electrons. The molecular formula is C21H20N4O3S. The first kappa shape index (κ1) is 17.9. The Balaban J connectivity index is 1.34.